The van der Waals surface area contributed by atoms with Crippen LogP contribution in [-0.4, -0.2) is 44.1 Å². The van der Waals surface area contributed by atoms with E-state index in [1.807, 2.05) is 13.8 Å². The molecule has 0 bridgehead atoms. The van der Waals surface area contributed by atoms with E-state index in [0.717, 1.165) is 19.3 Å². The van der Waals surface area contributed by atoms with E-state index in [1.54, 1.807) is 4.31 Å². The zero-order valence-corrected chi connectivity index (χ0v) is 12.9. The highest BCUT2D eigenvalue weighted by Crippen LogP contribution is 2.33. The fourth-order valence-electron chi connectivity index (χ4n) is 2.76. The van der Waals surface area contributed by atoms with Crippen LogP contribution in [0.25, 0.3) is 0 Å². The SMILES string of the molecule is CCCN(CCC)S(=O)(=O)C1CCCC1C(=O)OC. The van der Waals surface area contributed by atoms with Crippen LogP contribution in [-0.2, 0) is 19.6 Å². The fourth-order valence-corrected chi connectivity index (χ4v) is 5.14. The van der Waals surface area contributed by atoms with E-state index < -0.39 is 21.2 Å². The Kier molecular flexibility index (Phi) is 6.26. The van der Waals surface area contributed by atoms with Gasteiger partial charge in [-0.05, 0) is 25.7 Å². The molecule has 5 nitrogen and oxygen atoms in total. The first-order valence-corrected chi connectivity index (χ1v) is 8.56. The lowest BCUT2D eigenvalue weighted by atomic mass is 10.1. The summed E-state index contributed by atoms with van der Waals surface area (Å²) in [6.45, 7) is 4.98. The summed E-state index contributed by atoms with van der Waals surface area (Å²) >= 11 is 0. The summed E-state index contributed by atoms with van der Waals surface area (Å²) in [5.74, 6) is -0.884. The number of nitrogens with zero attached hydrogens (tertiary/aromatic N) is 1. The van der Waals surface area contributed by atoms with Crippen LogP contribution in [0.2, 0.25) is 0 Å². The molecule has 2 unspecified atom stereocenters. The van der Waals surface area contributed by atoms with Crippen molar-refractivity contribution >= 4 is 16.0 Å². The van der Waals surface area contributed by atoms with Crippen molar-refractivity contribution in [3.63, 3.8) is 0 Å². The zero-order valence-electron chi connectivity index (χ0n) is 12.1. The summed E-state index contributed by atoms with van der Waals surface area (Å²) in [7, 11) is -2.08. The number of hydrogen-bond donors (Lipinski definition) is 0. The predicted octanol–water partition coefficient (Wildman–Crippen LogP) is 1.78. The topological polar surface area (TPSA) is 63.7 Å². The molecule has 0 aromatic heterocycles. The van der Waals surface area contributed by atoms with Crippen molar-refractivity contribution in [3.05, 3.63) is 0 Å². The largest absolute Gasteiger partial charge is 0.469 e. The second-order valence-electron chi connectivity index (χ2n) is 5.04. The molecule has 1 aliphatic carbocycles. The molecule has 19 heavy (non-hydrogen) atoms. The van der Waals surface area contributed by atoms with Gasteiger partial charge in [0.05, 0.1) is 18.3 Å². The van der Waals surface area contributed by atoms with Gasteiger partial charge < -0.3 is 4.74 Å². The van der Waals surface area contributed by atoms with Crippen molar-refractivity contribution in [2.75, 3.05) is 20.2 Å². The monoisotopic (exact) mass is 291 g/mol. The first-order chi connectivity index (χ1) is 8.98. The van der Waals surface area contributed by atoms with Gasteiger partial charge in [0.15, 0.2) is 0 Å². The Balaban J connectivity index is 2.93. The van der Waals surface area contributed by atoms with Gasteiger partial charge in [-0.15, -0.1) is 0 Å². The number of methoxy groups -OCH3 is 1. The molecule has 1 fully saturated rings. The summed E-state index contributed by atoms with van der Waals surface area (Å²) in [5.41, 5.74) is 0. The van der Waals surface area contributed by atoms with Gasteiger partial charge in [-0.2, -0.15) is 0 Å². The van der Waals surface area contributed by atoms with Crippen LogP contribution in [0.15, 0.2) is 0 Å². The third kappa shape index (κ3) is 3.69. The number of rotatable bonds is 7. The third-order valence-electron chi connectivity index (χ3n) is 3.64. The molecule has 0 amide bonds. The number of esters is 1. The molecule has 0 aromatic carbocycles. The van der Waals surface area contributed by atoms with Gasteiger partial charge in [-0.1, -0.05) is 20.3 Å². The van der Waals surface area contributed by atoms with Gasteiger partial charge >= 0.3 is 5.97 Å². The molecule has 0 heterocycles. The second kappa shape index (κ2) is 7.24. The molecule has 1 rings (SSSR count). The molecule has 112 valence electrons. The first kappa shape index (κ1) is 16.4. The highest BCUT2D eigenvalue weighted by Gasteiger charge is 2.44. The Hall–Kier alpha value is -0.620. The Morgan fingerprint density at radius 1 is 1.21 bits per heavy atom. The van der Waals surface area contributed by atoms with Gasteiger partial charge in [0.2, 0.25) is 10.0 Å². The zero-order chi connectivity index (χ0) is 14.5. The highest BCUT2D eigenvalue weighted by molar-refractivity contribution is 7.89. The van der Waals surface area contributed by atoms with Crippen LogP contribution in [0.5, 0.6) is 0 Å². The lowest BCUT2D eigenvalue weighted by Crippen LogP contribution is -2.43. The van der Waals surface area contributed by atoms with Crippen LogP contribution in [0, 0.1) is 5.92 Å². The highest BCUT2D eigenvalue weighted by atomic mass is 32.2. The Bertz CT molecular complexity index is 387. The molecule has 0 saturated heterocycles. The lowest BCUT2D eigenvalue weighted by Gasteiger charge is -2.27. The molecule has 0 aliphatic heterocycles. The number of carbonyl (C=O) groups excluding carboxylic acids is 1. The fraction of sp³-hybridized carbons (Fsp3) is 0.923. The molecular weight excluding hydrogens is 266 g/mol. The quantitative estimate of drug-likeness (QED) is 0.671. The van der Waals surface area contributed by atoms with E-state index in [4.69, 9.17) is 4.74 Å². The maximum absolute atomic E-state index is 12.7. The summed E-state index contributed by atoms with van der Waals surface area (Å²) in [6, 6.07) is 0. The smallest absolute Gasteiger partial charge is 0.310 e. The lowest BCUT2D eigenvalue weighted by molar-refractivity contribution is -0.145. The Labute approximate surface area is 116 Å². The maximum Gasteiger partial charge on any atom is 0.310 e. The Morgan fingerprint density at radius 2 is 1.79 bits per heavy atom. The molecular formula is C13H25NO4S. The standard InChI is InChI=1S/C13H25NO4S/c1-4-9-14(10-5-2)19(16,17)12-8-6-7-11(12)13(15)18-3/h11-12H,4-10H2,1-3H3. The third-order valence-corrected chi connectivity index (χ3v) is 6.06. The number of hydrogen-bond acceptors (Lipinski definition) is 4. The molecule has 2 atom stereocenters. The van der Waals surface area contributed by atoms with E-state index in [2.05, 4.69) is 0 Å². The molecule has 0 N–H and O–H groups in total. The minimum absolute atomic E-state index is 0.390. The maximum atomic E-state index is 12.7. The van der Waals surface area contributed by atoms with E-state index in [-0.39, 0.29) is 5.97 Å². The minimum atomic E-state index is -3.40. The average molecular weight is 291 g/mol. The molecule has 0 spiro atoms. The summed E-state index contributed by atoms with van der Waals surface area (Å²) in [4.78, 5) is 11.7. The normalized spacial score (nSPS) is 23.8. The molecule has 1 saturated carbocycles. The van der Waals surface area contributed by atoms with Crippen molar-refractivity contribution in [1.82, 2.24) is 4.31 Å². The number of sulfonamides is 1. The van der Waals surface area contributed by atoms with Crippen LogP contribution in [0.1, 0.15) is 46.0 Å². The molecule has 0 radical (unpaired) electrons. The van der Waals surface area contributed by atoms with Gasteiger partial charge in [-0.25, -0.2) is 12.7 Å². The van der Waals surface area contributed by atoms with E-state index in [0.29, 0.717) is 25.9 Å². The van der Waals surface area contributed by atoms with Crippen LogP contribution in [0.3, 0.4) is 0 Å². The van der Waals surface area contributed by atoms with E-state index in [1.165, 1.54) is 7.11 Å². The number of ether oxygens (including phenoxy) is 1. The predicted molar refractivity (Wildman–Crippen MR) is 74.2 cm³/mol. The van der Waals surface area contributed by atoms with Crippen LogP contribution < -0.4 is 0 Å². The van der Waals surface area contributed by atoms with Gasteiger partial charge in [0.1, 0.15) is 0 Å². The van der Waals surface area contributed by atoms with Crippen molar-refractivity contribution in [2.45, 2.75) is 51.2 Å². The molecule has 1 aliphatic rings. The van der Waals surface area contributed by atoms with Gasteiger partial charge in [0.25, 0.3) is 0 Å². The van der Waals surface area contributed by atoms with E-state index in [9.17, 15) is 13.2 Å². The van der Waals surface area contributed by atoms with Crippen LogP contribution in [0.4, 0.5) is 0 Å². The van der Waals surface area contributed by atoms with Crippen LogP contribution >= 0.6 is 0 Å². The second-order valence-corrected chi connectivity index (χ2v) is 7.19. The molecule has 6 heteroatoms. The Morgan fingerprint density at radius 3 is 2.26 bits per heavy atom. The van der Waals surface area contributed by atoms with E-state index >= 15 is 0 Å². The molecule has 0 aromatic rings. The van der Waals surface area contributed by atoms with Crippen molar-refractivity contribution in [1.29, 1.82) is 0 Å². The summed E-state index contributed by atoms with van der Waals surface area (Å²) in [5, 5.41) is -0.599. The number of carbonyl (C=O) groups is 1. The van der Waals surface area contributed by atoms with Gasteiger partial charge in [0, 0.05) is 13.1 Å². The van der Waals surface area contributed by atoms with Crippen molar-refractivity contribution in [2.24, 2.45) is 5.92 Å². The average Bonchev–Trinajstić information content (AvgIpc) is 2.87. The van der Waals surface area contributed by atoms with Gasteiger partial charge in [-0.3, -0.25) is 4.79 Å². The van der Waals surface area contributed by atoms with Crippen molar-refractivity contribution < 1.29 is 17.9 Å². The summed E-state index contributed by atoms with van der Waals surface area (Å²) in [6.07, 6.45) is 3.52. The van der Waals surface area contributed by atoms with Crippen molar-refractivity contribution in [3.8, 4) is 0 Å². The summed E-state index contributed by atoms with van der Waals surface area (Å²) < 4.78 is 31.6. The first-order valence-electron chi connectivity index (χ1n) is 7.05. The minimum Gasteiger partial charge on any atom is -0.469 e.